The van der Waals surface area contributed by atoms with Crippen molar-refractivity contribution in [1.29, 1.82) is 0 Å². The van der Waals surface area contributed by atoms with Gasteiger partial charge >= 0.3 is 5.97 Å². The minimum atomic E-state index is -0.448. The van der Waals surface area contributed by atoms with Crippen molar-refractivity contribution in [2.24, 2.45) is 0 Å². The number of halogens is 2. The van der Waals surface area contributed by atoms with Crippen LogP contribution in [0.15, 0.2) is 14.3 Å². The number of piperidine rings is 1. The number of likely N-dealkylation sites (tertiary alicyclic amines) is 1. The predicted octanol–water partition coefficient (Wildman–Crippen LogP) is 3.83. The Bertz CT molecular complexity index is 498. The second-order valence-electron chi connectivity index (χ2n) is 4.49. The Morgan fingerprint density at radius 1 is 1.45 bits per heavy atom. The zero-order chi connectivity index (χ0) is 14.7. The second-order valence-corrected chi connectivity index (χ2v) is 7.72. The molecule has 0 radical (unpaired) electrons. The minimum Gasteiger partial charge on any atom is -0.464 e. The van der Waals surface area contributed by atoms with E-state index in [4.69, 9.17) is 4.74 Å². The molecule has 4 nitrogen and oxygen atoms in total. The maximum absolute atomic E-state index is 12.6. The van der Waals surface area contributed by atoms with Gasteiger partial charge in [-0.25, -0.2) is 4.79 Å². The van der Waals surface area contributed by atoms with Crippen molar-refractivity contribution in [2.75, 3.05) is 13.2 Å². The third-order valence-corrected chi connectivity index (χ3v) is 6.42. The molecule has 1 aromatic heterocycles. The average Bonchev–Trinajstić information content (AvgIpc) is 2.78. The fraction of sp³-hybridized carbons (Fsp3) is 0.538. The lowest BCUT2D eigenvalue weighted by Gasteiger charge is -2.33. The molecular formula is C13H15Br2NO3S. The van der Waals surface area contributed by atoms with Gasteiger partial charge in [-0.3, -0.25) is 4.79 Å². The molecule has 1 amide bonds. The summed E-state index contributed by atoms with van der Waals surface area (Å²) in [5.41, 5.74) is 0. The number of hydrogen-bond donors (Lipinski definition) is 0. The van der Waals surface area contributed by atoms with Crippen LogP contribution in [0.5, 0.6) is 0 Å². The molecule has 0 aromatic carbocycles. The fourth-order valence-corrected chi connectivity index (χ4v) is 4.24. The number of thiophene rings is 1. The number of carbonyl (C=O) groups is 2. The molecule has 1 saturated heterocycles. The molecule has 0 N–H and O–H groups in total. The van der Waals surface area contributed by atoms with Crippen LogP contribution < -0.4 is 0 Å². The topological polar surface area (TPSA) is 46.6 Å². The number of rotatable bonds is 3. The van der Waals surface area contributed by atoms with Crippen molar-refractivity contribution in [1.82, 2.24) is 4.90 Å². The molecule has 0 aliphatic carbocycles. The van der Waals surface area contributed by atoms with Crippen LogP contribution in [-0.2, 0) is 9.53 Å². The summed E-state index contributed by atoms with van der Waals surface area (Å²) in [5, 5.41) is 0. The highest BCUT2D eigenvalue weighted by molar-refractivity contribution is 9.13. The zero-order valence-corrected chi connectivity index (χ0v) is 15.0. The van der Waals surface area contributed by atoms with Crippen molar-refractivity contribution < 1.29 is 14.3 Å². The predicted molar refractivity (Wildman–Crippen MR) is 85.0 cm³/mol. The smallest absolute Gasteiger partial charge is 0.328 e. The summed E-state index contributed by atoms with van der Waals surface area (Å²) in [6.45, 7) is 2.73. The molecule has 1 aliphatic heterocycles. The minimum absolute atomic E-state index is 0.0980. The van der Waals surface area contributed by atoms with E-state index in [1.807, 2.05) is 0 Å². The van der Waals surface area contributed by atoms with Crippen LogP contribution in [-0.4, -0.2) is 36.0 Å². The highest BCUT2D eigenvalue weighted by Gasteiger charge is 2.34. The van der Waals surface area contributed by atoms with E-state index in [0.717, 1.165) is 21.1 Å². The summed E-state index contributed by atoms with van der Waals surface area (Å²) in [7, 11) is 0. The second kappa shape index (κ2) is 7.04. The van der Waals surface area contributed by atoms with Crippen LogP contribution in [0.25, 0.3) is 0 Å². The maximum Gasteiger partial charge on any atom is 0.328 e. The van der Waals surface area contributed by atoms with E-state index < -0.39 is 6.04 Å². The molecule has 0 spiro atoms. The fourth-order valence-electron chi connectivity index (χ4n) is 2.25. The summed E-state index contributed by atoms with van der Waals surface area (Å²) in [6, 6.07) is 1.34. The Morgan fingerprint density at radius 2 is 2.20 bits per heavy atom. The van der Waals surface area contributed by atoms with E-state index in [-0.39, 0.29) is 11.9 Å². The van der Waals surface area contributed by atoms with Gasteiger partial charge in [0.15, 0.2) is 0 Å². The molecule has 0 bridgehead atoms. The summed E-state index contributed by atoms with van der Waals surface area (Å²) in [4.78, 5) is 26.8. The van der Waals surface area contributed by atoms with Gasteiger partial charge in [0.25, 0.3) is 5.91 Å². The first-order valence-electron chi connectivity index (χ1n) is 6.47. The molecule has 20 heavy (non-hydrogen) atoms. The highest BCUT2D eigenvalue weighted by Crippen LogP contribution is 2.34. The van der Waals surface area contributed by atoms with Crippen molar-refractivity contribution in [3.63, 3.8) is 0 Å². The molecule has 1 aliphatic rings. The van der Waals surface area contributed by atoms with Crippen LogP contribution >= 0.6 is 43.2 Å². The molecule has 1 fully saturated rings. The van der Waals surface area contributed by atoms with Gasteiger partial charge < -0.3 is 9.64 Å². The van der Waals surface area contributed by atoms with Gasteiger partial charge in [0.2, 0.25) is 0 Å². The lowest BCUT2D eigenvalue weighted by molar-refractivity contribution is -0.149. The Balaban J connectivity index is 2.19. The largest absolute Gasteiger partial charge is 0.464 e. The van der Waals surface area contributed by atoms with Crippen LogP contribution in [0.2, 0.25) is 0 Å². The zero-order valence-electron chi connectivity index (χ0n) is 11.0. The van der Waals surface area contributed by atoms with Crippen LogP contribution in [0, 0.1) is 0 Å². The normalized spacial score (nSPS) is 18.9. The number of esters is 1. The first-order chi connectivity index (χ1) is 9.54. The highest BCUT2D eigenvalue weighted by atomic mass is 79.9. The van der Waals surface area contributed by atoms with E-state index >= 15 is 0 Å². The van der Waals surface area contributed by atoms with Crippen molar-refractivity contribution in [3.05, 3.63) is 19.2 Å². The molecule has 7 heteroatoms. The summed E-state index contributed by atoms with van der Waals surface area (Å²) in [6.07, 6.45) is 2.55. The molecule has 1 unspecified atom stereocenters. The average molecular weight is 425 g/mol. The van der Waals surface area contributed by atoms with Gasteiger partial charge in [-0.15, -0.1) is 11.3 Å². The lowest BCUT2D eigenvalue weighted by atomic mass is 10.0. The first kappa shape index (κ1) is 16.0. The van der Waals surface area contributed by atoms with Gasteiger partial charge in [0.05, 0.1) is 15.3 Å². The van der Waals surface area contributed by atoms with E-state index in [1.165, 1.54) is 11.3 Å². The number of hydrogen-bond acceptors (Lipinski definition) is 4. The number of carbonyl (C=O) groups excluding carboxylic acids is 2. The van der Waals surface area contributed by atoms with Crippen LogP contribution in [0.3, 0.4) is 0 Å². The lowest BCUT2D eigenvalue weighted by Crippen LogP contribution is -2.48. The van der Waals surface area contributed by atoms with Gasteiger partial charge in [0.1, 0.15) is 6.04 Å². The summed E-state index contributed by atoms with van der Waals surface area (Å²) < 4.78 is 6.82. The van der Waals surface area contributed by atoms with Crippen LogP contribution in [0.4, 0.5) is 0 Å². The SMILES string of the molecule is CCOC(=O)C1CCCCN1C(=O)c1cc(Br)c(Br)s1. The molecule has 1 aromatic rings. The van der Waals surface area contributed by atoms with Crippen molar-refractivity contribution in [3.8, 4) is 0 Å². The van der Waals surface area contributed by atoms with Gasteiger partial charge in [-0.1, -0.05) is 0 Å². The van der Waals surface area contributed by atoms with E-state index in [0.29, 0.717) is 24.4 Å². The molecule has 1 atom stereocenters. The monoisotopic (exact) mass is 423 g/mol. The third kappa shape index (κ3) is 3.43. The van der Waals surface area contributed by atoms with E-state index in [1.54, 1.807) is 17.9 Å². The Hall–Kier alpha value is -0.400. The van der Waals surface area contributed by atoms with Gasteiger partial charge in [-0.2, -0.15) is 0 Å². The molecular weight excluding hydrogens is 410 g/mol. The summed E-state index contributed by atoms with van der Waals surface area (Å²) in [5.74, 6) is -0.394. The first-order valence-corrected chi connectivity index (χ1v) is 8.87. The third-order valence-electron chi connectivity index (χ3n) is 3.18. The van der Waals surface area contributed by atoms with Crippen LogP contribution in [0.1, 0.15) is 35.9 Å². The van der Waals surface area contributed by atoms with E-state index in [2.05, 4.69) is 31.9 Å². The Labute approximate surface area is 138 Å². The van der Waals surface area contributed by atoms with Crippen molar-refractivity contribution >= 4 is 55.1 Å². The standard InChI is InChI=1S/C13H15Br2NO3S/c1-2-19-13(18)9-5-3-4-6-16(9)12(17)10-7-8(14)11(15)20-10/h7,9H,2-6H2,1H3. The van der Waals surface area contributed by atoms with Gasteiger partial charge in [-0.05, 0) is 64.1 Å². The summed E-state index contributed by atoms with van der Waals surface area (Å²) >= 11 is 8.13. The molecule has 2 heterocycles. The number of amides is 1. The van der Waals surface area contributed by atoms with Crippen molar-refractivity contribution in [2.45, 2.75) is 32.2 Å². The number of nitrogens with zero attached hydrogens (tertiary/aromatic N) is 1. The maximum atomic E-state index is 12.6. The Morgan fingerprint density at radius 3 is 2.80 bits per heavy atom. The van der Waals surface area contributed by atoms with E-state index in [9.17, 15) is 9.59 Å². The Kier molecular flexibility index (Phi) is 5.63. The molecule has 0 saturated carbocycles. The van der Waals surface area contributed by atoms with Gasteiger partial charge in [0, 0.05) is 11.0 Å². The molecule has 2 rings (SSSR count). The molecule has 110 valence electrons. The quantitative estimate of drug-likeness (QED) is 0.692. The number of ether oxygens (including phenoxy) is 1.